The minimum Gasteiger partial charge on any atom is -0.444 e. The summed E-state index contributed by atoms with van der Waals surface area (Å²) in [5.74, 6) is 0. The van der Waals surface area contributed by atoms with Crippen LogP contribution in [0.5, 0.6) is 0 Å². The molecule has 5 heteroatoms. The van der Waals surface area contributed by atoms with Crippen molar-refractivity contribution in [2.45, 2.75) is 38.9 Å². The van der Waals surface area contributed by atoms with E-state index in [1.165, 1.54) is 0 Å². The van der Waals surface area contributed by atoms with Gasteiger partial charge in [-0.05, 0) is 27.2 Å². The Morgan fingerprint density at radius 3 is 2.65 bits per heavy atom. The van der Waals surface area contributed by atoms with E-state index >= 15 is 0 Å². The SMILES string of the molecule is COCCOC1CCN(C(=O)OC(C)(C)C)C1. The maximum absolute atomic E-state index is 11.8. The fraction of sp³-hybridized carbons (Fsp3) is 0.917. The Bertz CT molecular complexity index is 249. The summed E-state index contributed by atoms with van der Waals surface area (Å²) in [6, 6.07) is 0. The molecule has 0 radical (unpaired) electrons. The van der Waals surface area contributed by atoms with Gasteiger partial charge in [0.25, 0.3) is 0 Å². The molecule has 1 amide bonds. The first-order valence-electron chi connectivity index (χ1n) is 6.01. The lowest BCUT2D eigenvalue weighted by Crippen LogP contribution is -2.36. The summed E-state index contributed by atoms with van der Waals surface area (Å²) in [4.78, 5) is 13.5. The number of hydrogen-bond donors (Lipinski definition) is 0. The van der Waals surface area contributed by atoms with Gasteiger partial charge in [0, 0.05) is 13.7 Å². The van der Waals surface area contributed by atoms with E-state index in [4.69, 9.17) is 14.2 Å². The van der Waals surface area contributed by atoms with Gasteiger partial charge in [-0.3, -0.25) is 0 Å². The van der Waals surface area contributed by atoms with Gasteiger partial charge in [0.05, 0.1) is 25.9 Å². The standard InChI is InChI=1S/C12H23NO4/c1-12(2,3)17-11(14)13-6-5-10(9-13)16-8-7-15-4/h10H,5-9H2,1-4H3. The topological polar surface area (TPSA) is 48.0 Å². The molecule has 1 heterocycles. The molecule has 1 atom stereocenters. The number of hydrogen-bond acceptors (Lipinski definition) is 4. The molecular formula is C12H23NO4. The number of methoxy groups -OCH3 is 1. The Hall–Kier alpha value is -0.810. The number of nitrogens with zero attached hydrogens (tertiary/aromatic N) is 1. The van der Waals surface area contributed by atoms with Crippen LogP contribution in [-0.2, 0) is 14.2 Å². The zero-order valence-corrected chi connectivity index (χ0v) is 11.2. The van der Waals surface area contributed by atoms with E-state index < -0.39 is 5.60 Å². The summed E-state index contributed by atoms with van der Waals surface area (Å²) in [6.07, 6.45) is 0.719. The van der Waals surface area contributed by atoms with E-state index in [0.717, 1.165) is 6.42 Å². The second-order valence-electron chi connectivity index (χ2n) is 5.20. The monoisotopic (exact) mass is 245 g/mol. The van der Waals surface area contributed by atoms with Gasteiger partial charge >= 0.3 is 6.09 Å². The van der Waals surface area contributed by atoms with Crippen molar-refractivity contribution in [2.75, 3.05) is 33.4 Å². The first kappa shape index (κ1) is 14.3. The Morgan fingerprint density at radius 1 is 1.35 bits per heavy atom. The molecular weight excluding hydrogens is 222 g/mol. The molecule has 0 bridgehead atoms. The lowest BCUT2D eigenvalue weighted by Gasteiger charge is -2.24. The highest BCUT2D eigenvalue weighted by atomic mass is 16.6. The minimum atomic E-state index is -0.438. The van der Waals surface area contributed by atoms with Crippen LogP contribution < -0.4 is 0 Å². The number of amides is 1. The lowest BCUT2D eigenvalue weighted by atomic mass is 10.2. The summed E-state index contributed by atoms with van der Waals surface area (Å²) in [7, 11) is 1.64. The van der Waals surface area contributed by atoms with Gasteiger partial charge < -0.3 is 19.1 Å². The van der Waals surface area contributed by atoms with Crippen molar-refractivity contribution in [3.8, 4) is 0 Å². The maximum atomic E-state index is 11.8. The van der Waals surface area contributed by atoms with E-state index in [1.54, 1.807) is 12.0 Å². The highest BCUT2D eigenvalue weighted by molar-refractivity contribution is 5.68. The van der Waals surface area contributed by atoms with Gasteiger partial charge in [-0.1, -0.05) is 0 Å². The number of carbonyl (C=O) groups excluding carboxylic acids is 1. The average molecular weight is 245 g/mol. The quantitative estimate of drug-likeness (QED) is 0.707. The first-order valence-corrected chi connectivity index (χ1v) is 6.01. The minimum absolute atomic E-state index is 0.109. The van der Waals surface area contributed by atoms with Crippen LogP contribution in [0.25, 0.3) is 0 Å². The average Bonchev–Trinajstić information content (AvgIpc) is 2.64. The van der Waals surface area contributed by atoms with Gasteiger partial charge in [-0.2, -0.15) is 0 Å². The third-order valence-corrected chi connectivity index (χ3v) is 2.44. The van der Waals surface area contributed by atoms with Gasteiger partial charge in [0.1, 0.15) is 5.60 Å². The van der Waals surface area contributed by atoms with Crippen molar-refractivity contribution in [3.05, 3.63) is 0 Å². The third-order valence-electron chi connectivity index (χ3n) is 2.44. The second-order valence-corrected chi connectivity index (χ2v) is 5.20. The molecule has 0 aromatic heterocycles. The summed E-state index contributed by atoms with van der Waals surface area (Å²) < 4.78 is 15.8. The van der Waals surface area contributed by atoms with E-state index in [1.807, 2.05) is 20.8 Å². The van der Waals surface area contributed by atoms with Crippen molar-refractivity contribution in [3.63, 3.8) is 0 Å². The highest BCUT2D eigenvalue weighted by Crippen LogP contribution is 2.16. The normalized spacial score (nSPS) is 20.7. The third kappa shape index (κ3) is 5.37. The Kier molecular flexibility index (Phi) is 5.21. The van der Waals surface area contributed by atoms with E-state index in [9.17, 15) is 4.79 Å². The van der Waals surface area contributed by atoms with Gasteiger partial charge in [0.2, 0.25) is 0 Å². The Labute approximate surface area is 103 Å². The zero-order chi connectivity index (χ0) is 12.9. The number of likely N-dealkylation sites (tertiary alicyclic amines) is 1. The maximum Gasteiger partial charge on any atom is 0.410 e. The molecule has 1 aliphatic heterocycles. The molecule has 0 aromatic rings. The zero-order valence-electron chi connectivity index (χ0n) is 11.2. The van der Waals surface area contributed by atoms with Crippen molar-refractivity contribution < 1.29 is 19.0 Å². The molecule has 1 unspecified atom stereocenters. The summed E-state index contributed by atoms with van der Waals surface area (Å²) >= 11 is 0. The van der Waals surface area contributed by atoms with Crippen LogP contribution in [0.15, 0.2) is 0 Å². The molecule has 1 rings (SSSR count). The first-order chi connectivity index (χ1) is 7.92. The molecule has 17 heavy (non-hydrogen) atoms. The molecule has 5 nitrogen and oxygen atoms in total. The molecule has 0 N–H and O–H groups in total. The van der Waals surface area contributed by atoms with Crippen molar-refractivity contribution in [1.82, 2.24) is 4.90 Å². The Balaban J connectivity index is 2.27. The van der Waals surface area contributed by atoms with Crippen LogP contribution in [0.4, 0.5) is 4.79 Å². The molecule has 0 aliphatic carbocycles. The summed E-state index contributed by atoms with van der Waals surface area (Å²) in [6.45, 7) is 8.08. The largest absolute Gasteiger partial charge is 0.444 e. The molecule has 0 aromatic carbocycles. The van der Waals surface area contributed by atoms with E-state index in [-0.39, 0.29) is 12.2 Å². The lowest BCUT2D eigenvalue weighted by molar-refractivity contribution is 0.0106. The number of ether oxygens (including phenoxy) is 3. The van der Waals surface area contributed by atoms with Crippen LogP contribution in [0.3, 0.4) is 0 Å². The van der Waals surface area contributed by atoms with Crippen LogP contribution in [0.1, 0.15) is 27.2 Å². The Morgan fingerprint density at radius 2 is 2.06 bits per heavy atom. The summed E-state index contributed by atoms with van der Waals surface area (Å²) in [5.41, 5.74) is -0.438. The molecule has 1 saturated heterocycles. The fourth-order valence-corrected chi connectivity index (χ4v) is 1.65. The summed E-state index contributed by atoms with van der Waals surface area (Å²) in [5, 5.41) is 0. The second kappa shape index (κ2) is 6.21. The molecule has 100 valence electrons. The van der Waals surface area contributed by atoms with Crippen molar-refractivity contribution in [1.29, 1.82) is 0 Å². The van der Waals surface area contributed by atoms with Crippen LogP contribution in [-0.4, -0.2) is 56.1 Å². The predicted octanol–water partition coefficient (Wildman–Crippen LogP) is 1.66. The predicted molar refractivity (Wildman–Crippen MR) is 64.0 cm³/mol. The van der Waals surface area contributed by atoms with Gasteiger partial charge in [0.15, 0.2) is 0 Å². The number of rotatable bonds is 4. The van der Waals surface area contributed by atoms with Crippen molar-refractivity contribution in [2.24, 2.45) is 0 Å². The molecule has 1 fully saturated rings. The van der Waals surface area contributed by atoms with E-state index in [0.29, 0.717) is 26.3 Å². The van der Waals surface area contributed by atoms with Crippen LogP contribution in [0.2, 0.25) is 0 Å². The highest BCUT2D eigenvalue weighted by Gasteiger charge is 2.29. The molecule has 0 spiro atoms. The van der Waals surface area contributed by atoms with Crippen LogP contribution in [0, 0.1) is 0 Å². The molecule has 1 aliphatic rings. The van der Waals surface area contributed by atoms with Gasteiger partial charge in [-0.25, -0.2) is 4.79 Å². The van der Waals surface area contributed by atoms with Crippen LogP contribution >= 0.6 is 0 Å². The fourth-order valence-electron chi connectivity index (χ4n) is 1.65. The van der Waals surface area contributed by atoms with E-state index in [2.05, 4.69) is 0 Å². The van der Waals surface area contributed by atoms with Crippen molar-refractivity contribution >= 4 is 6.09 Å². The number of carbonyl (C=O) groups is 1. The molecule has 0 saturated carbocycles. The smallest absolute Gasteiger partial charge is 0.410 e. The van der Waals surface area contributed by atoms with Gasteiger partial charge in [-0.15, -0.1) is 0 Å².